The number of thiocarbonyl (C=S) groups is 1. The van der Waals surface area contributed by atoms with Crippen molar-refractivity contribution in [2.45, 2.75) is 17.4 Å². The zero-order valence-electron chi connectivity index (χ0n) is 22.6. The summed E-state index contributed by atoms with van der Waals surface area (Å²) in [7, 11) is -4.59. The minimum atomic E-state index is -4.59. The van der Waals surface area contributed by atoms with Crippen LogP contribution in [0.4, 0.5) is 5.69 Å². The van der Waals surface area contributed by atoms with Crippen LogP contribution in [0.25, 0.3) is 17.2 Å². The van der Waals surface area contributed by atoms with Crippen molar-refractivity contribution in [2.75, 3.05) is 0 Å². The zero-order chi connectivity index (χ0) is 31.4. The van der Waals surface area contributed by atoms with Crippen LogP contribution in [0, 0.1) is 10.1 Å². The van der Waals surface area contributed by atoms with Gasteiger partial charge in [0, 0.05) is 12.5 Å². The molecule has 44 heavy (non-hydrogen) atoms. The zero-order valence-corrected chi connectivity index (χ0v) is 25.8. The molecule has 0 aromatic heterocycles. The molecule has 0 saturated carbocycles. The van der Waals surface area contributed by atoms with Gasteiger partial charge in [-0.05, 0) is 40.5 Å². The second-order valence-corrected chi connectivity index (χ2v) is 13.4. The number of hydrogen-bond donors (Lipinski definition) is 1. The predicted molar refractivity (Wildman–Crippen MR) is 174 cm³/mol. The van der Waals surface area contributed by atoms with Crippen molar-refractivity contribution in [2.24, 2.45) is 0 Å². The molecule has 13 heteroatoms. The maximum Gasteiger partial charge on any atom is 0.289 e. The molecule has 0 bridgehead atoms. The SMILES string of the molecule is O=C(NS(=O)(=O)c1ccc(Cl)c([N+](=O)[O-])c1)[C@H](Cc1ccccc1)N1C(=O)/C(=C/c2ccc(-c3ccccc3)cc2)SC1=S. The van der Waals surface area contributed by atoms with E-state index in [9.17, 15) is 28.1 Å². The van der Waals surface area contributed by atoms with Crippen LogP contribution in [0.5, 0.6) is 0 Å². The molecule has 1 saturated heterocycles. The van der Waals surface area contributed by atoms with E-state index < -0.39 is 43.4 Å². The lowest BCUT2D eigenvalue weighted by Gasteiger charge is -2.26. The van der Waals surface area contributed by atoms with Crippen LogP contribution >= 0.6 is 35.6 Å². The van der Waals surface area contributed by atoms with Gasteiger partial charge < -0.3 is 0 Å². The number of thioether (sulfide) groups is 1. The molecule has 1 atom stereocenters. The van der Waals surface area contributed by atoms with Crippen molar-refractivity contribution < 1.29 is 22.9 Å². The molecule has 0 unspecified atom stereocenters. The van der Waals surface area contributed by atoms with Crippen LogP contribution in [0.1, 0.15) is 11.1 Å². The molecule has 1 aliphatic heterocycles. The van der Waals surface area contributed by atoms with Gasteiger partial charge >= 0.3 is 0 Å². The summed E-state index contributed by atoms with van der Waals surface area (Å²) in [5, 5.41) is 11.0. The maximum absolute atomic E-state index is 13.7. The number of amides is 2. The Balaban J connectivity index is 1.43. The Hall–Kier alpha value is -4.36. The van der Waals surface area contributed by atoms with E-state index >= 15 is 0 Å². The van der Waals surface area contributed by atoms with Gasteiger partial charge in [0.25, 0.3) is 27.5 Å². The number of carbonyl (C=O) groups is 2. The number of sulfonamides is 1. The number of halogens is 1. The largest absolute Gasteiger partial charge is 0.289 e. The van der Waals surface area contributed by atoms with Crippen molar-refractivity contribution in [1.82, 2.24) is 9.62 Å². The van der Waals surface area contributed by atoms with E-state index in [2.05, 4.69) is 0 Å². The smallest absolute Gasteiger partial charge is 0.280 e. The van der Waals surface area contributed by atoms with Gasteiger partial charge in [0.2, 0.25) is 0 Å². The van der Waals surface area contributed by atoms with Gasteiger partial charge in [0.05, 0.1) is 14.7 Å². The molecule has 9 nitrogen and oxygen atoms in total. The van der Waals surface area contributed by atoms with Crippen LogP contribution in [-0.2, 0) is 26.0 Å². The lowest BCUT2D eigenvalue weighted by atomic mass is 10.0. The molecule has 4 aromatic rings. The lowest BCUT2D eigenvalue weighted by molar-refractivity contribution is -0.384. The first-order chi connectivity index (χ1) is 21.0. The van der Waals surface area contributed by atoms with Crippen molar-refractivity contribution in [3.05, 3.63) is 134 Å². The highest BCUT2D eigenvalue weighted by atomic mass is 35.5. The third-order valence-electron chi connectivity index (χ3n) is 6.68. The summed E-state index contributed by atoms with van der Waals surface area (Å²) < 4.78 is 28.3. The molecule has 0 radical (unpaired) electrons. The number of nitro groups is 1. The molecular formula is C31H22ClN3O6S3. The Morgan fingerprint density at radius 1 is 0.977 bits per heavy atom. The average molecular weight is 664 g/mol. The quantitative estimate of drug-likeness (QED) is 0.0966. The molecular weight excluding hydrogens is 642 g/mol. The van der Waals surface area contributed by atoms with E-state index in [0.717, 1.165) is 51.6 Å². The molecule has 1 aliphatic rings. The highest BCUT2D eigenvalue weighted by Gasteiger charge is 2.41. The van der Waals surface area contributed by atoms with Crippen LogP contribution in [0.3, 0.4) is 0 Å². The summed E-state index contributed by atoms with van der Waals surface area (Å²) in [5.74, 6) is -1.58. The fraction of sp³-hybridized carbons (Fsp3) is 0.0645. The standard InChI is InChI=1S/C31H22ClN3O6S3/c32-25-16-15-24(19-26(25)35(38)39)44(40,41)33-29(36)27(17-20-7-3-1-4-8-20)34-30(37)28(43-31(34)42)18-21-11-13-23(14-12-21)22-9-5-2-6-10-22/h1-16,18-19,27H,17H2,(H,33,36)/b28-18-/t27-/m0/s1. The molecule has 0 spiro atoms. The van der Waals surface area contributed by atoms with Crippen molar-refractivity contribution >= 4 is 73.5 Å². The van der Waals surface area contributed by atoms with Gasteiger partial charge in [0.15, 0.2) is 0 Å². The van der Waals surface area contributed by atoms with Crippen LogP contribution in [0.15, 0.2) is 113 Å². The number of nitrogens with one attached hydrogen (secondary N) is 1. The summed E-state index contributed by atoms with van der Waals surface area (Å²) in [6.45, 7) is 0. The Morgan fingerprint density at radius 3 is 2.23 bits per heavy atom. The summed E-state index contributed by atoms with van der Waals surface area (Å²) in [4.78, 5) is 38.6. The normalized spacial score (nSPS) is 14.9. The van der Waals surface area contributed by atoms with Crippen molar-refractivity contribution in [1.29, 1.82) is 0 Å². The van der Waals surface area contributed by atoms with E-state index in [1.54, 1.807) is 36.4 Å². The minimum Gasteiger partial charge on any atom is -0.280 e. The van der Waals surface area contributed by atoms with Crippen molar-refractivity contribution in [3.8, 4) is 11.1 Å². The van der Waals surface area contributed by atoms with Crippen LogP contribution in [0.2, 0.25) is 5.02 Å². The van der Waals surface area contributed by atoms with Crippen molar-refractivity contribution in [3.63, 3.8) is 0 Å². The van der Waals surface area contributed by atoms with Gasteiger partial charge in [-0.1, -0.05) is 121 Å². The summed E-state index contributed by atoms with van der Waals surface area (Å²) in [6, 6.07) is 27.7. The maximum atomic E-state index is 13.7. The third kappa shape index (κ3) is 6.89. The van der Waals surface area contributed by atoms with E-state index in [1.165, 1.54) is 0 Å². The monoisotopic (exact) mass is 663 g/mol. The topological polar surface area (TPSA) is 127 Å². The Kier molecular flexibility index (Phi) is 9.25. The number of nitro benzene ring substituents is 1. The second kappa shape index (κ2) is 13.1. The van der Waals surface area contributed by atoms with Crippen LogP contribution in [-0.4, -0.2) is 40.4 Å². The van der Waals surface area contributed by atoms with Crippen LogP contribution < -0.4 is 4.72 Å². The number of hydrogen-bond acceptors (Lipinski definition) is 8. The molecule has 1 fully saturated rings. The first-order valence-electron chi connectivity index (χ1n) is 13.0. The summed E-state index contributed by atoms with van der Waals surface area (Å²) in [5.41, 5.74) is 2.80. The number of rotatable bonds is 9. The molecule has 5 rings (SSSR count). The molecule has 1 N–H and O–H groups in total. The molecule has 2 amide bonds. The number of benzene rings is 4. The summed E-state index contributed by atoms with van der Waals surface area (Å²) in [6.07, 6.45) is 1.61. The van der Waals surface area contributed by atoms with Gasteiger partial charge in [0.1, 0.15) is 15.4 Å². The average Bonchev–Trinajstić information content (AvgIpc) is 3.28. The highest BCUT2D eigenvalue weighted by molar-refractivity contribution is 8.26. The first kappa shape index (κ1) is 31.1. The molecule has 0 aliphatic carbocycles. The van der Waals surface area contributed by atoms with Gasteiger partial charge in [-0.3, -0.25) is 24.6 Å². The minimum absolute atomic E-state index is 0.0472. The van der Waals surface area contributed by atoms with E-state index in [1.807, 2.05) is 59.3 Å². The molecule has 222 valence electrons. The first-order valence-corrected chi connectivity index (χ1v) is 16.1. The van der Waals surface area contributed by atoms with E-state index in [-0.39, 0.29) is 20.7 Å². The Morgan fingerprint density at radius 2 is 1.59 bits per heavy atom. The third-order valence-corrected chi connectivity index (χ3v) is 9.68. The second-order valence-electron chi connectivity index (χ2n) is 9.59. The van der Waals surface area contributed by atoms with E-state index in [4.69, 9.17) is 23.8 Å². The summed E-state index contributed by atoms with van der Waals surface area (Å²) >= 11 is 12.3. The molecule has 1 heterocycles. The predicted octanol–water partition coefficient (Wildman–Crippen LogP) is 6.23. The van der Waals surface area contributed by atoms with Gasteiger partial charge in [-0.25, -0.2) is 13.1 Å². The number of nitrogens with zero attached hydrogens (tertiary/aromatic N) is 2. The lowest BCUT2D eigenvalue weighted by Crippen LogP contribution is -2.51. The molecule has 4 aromatic carbocycles. The fourth-order valence-electron chi connectivity index (χ4n) is 4.50. The van der Waals surface area contributed by atoms with Gasteiger partial charge in [-0.15, -0.1) is 0 Å². The Bertz CT molecular complexity index is 1900. The highest BCUT2D eigenvalue weighted by Crippen LogP contribution is 2.35. The fourth-order valence-corrected chi connectivity index (χ4v) is 7.08. The van der Waals surface area contributed by atoms with Gasteiger partial charge in [-0.2, -0.15) is 0 Å². The van der Waals surface area contributed by atoms with E-state index in [0.29, 0.717) is 5.56 Å². The number of carbonyl (C=O) groups excluding carboxylic acids is 2. The Labute approximate surface area is 267 Å².